The number of amides is 1. The number of hydrogen-bond acceptors (Lipinski definition) is 7. The molecule has 0 fully saturated rings. The molecule has 1 N–H and O–H groups in total. The number of nitrogens with one attached hydrogen (secondary N) is 1. The van der Waals surface area contributed by atoms with Crippen LogP contribution in [0.25, 0.3) is 16.9 Å². The molecule has 0 bridgehead atoms. The van der Waals surface area contributed by atoms with Crippen molar-refractivity contribution in [2.24, 2.45) is 7.05 Å². The van der Waals surface area contributed by atoms with Gasteiger partial charge in [0.05, 0.1) is 16.8 Å². The van der Waals surface area contributed by atoms with Crippen LogP contribution in [0, 0.1) is 0 Å². The van der Waals surface area contributed by atoms with E-state index >= 15 is 0 Å². The molecule has 178 valence electrons. The molecule has 0 atom stereocenters. The molecule has 0 radical (unpaired) electrons. The Morgan fingerprint density at radius 1 is 1.21 bits per heavy atom. The Labute approximate surface area is 188 Å². The predicted octanol–water partition coefficient (Wildman–Crippen LogP) is 2.98. The van der Waals surface area contributed by atoms with Crippen LogP contribution < -0.4 is 10.1 Å². The lowest BCUT2D eigenvalue weighted by Crippen LogP contribution is -2.13. The second-order valence-corrected chi connectivity index (χ2v) is 8.73. The molecule has 0 aliphatic heterocycles. The first-order valence-electron chi connectivity index (χ1n) is 9.32. The highest BCUT2D eigenvalue weighted by Crippen LogP contribution is 2.37. The van der Waals surface area contributed by atoms with E-state index < -0.39 is 38.8 Å². The topological polar surface area (TPSA) is 120 Å². The molecular weight excluding hydrogens is 484 g/mol. The predicted molar refractivity (Wildman–Crippen MR) is 109 cm³/mol. The van der Waals surface area contributed by atoms with Crippen LogP contribution in [-0.4, -0.2) is 51.1 Å². The number of rotatable bonds is 7. The van der Waals surface area contributed by atoms with E-state index in [9.17, 15) is 30.8 Å². The molecule has 10 nitrogen and oxygen atoms in total. The van der Waals surface area contributed by atoms with E-state index in [0.29, 0.717) is 6.07 Å². The van der Waals surface area contributed by atoms with Crippen LogP contribution in [0.2, 0.25) is 0 Å². The zero-order chi connectivity index (χ0) is 24.6. The third-order valence-electron chi connectivity index (χ3n) is 4.59. The molecule has 4 aromatic rings. The summed E-state index contributed by atoms with van der Waals surface area (Å²) in [5, 5.41) is 10.6. The van der Waals surface area contributed by atoms with Gasteiger partial charge < -0.3 is 10.1 Å². The number of aromatic nitrogens is 5. The summed E-state index contributed by atoms with van der Waals surface area (Å²) in [6.07, 6.45) is 5.59. The van der Waals surface area contributed by atoms with E-state index in [-0.39, 0.29) is 28.2 Å². The van der Waals surface area contributed by atoms with Gasteiger partial charge in [-0.3, -0.25) is 9.48 Å². The van der Waals surface area contributed by atoms with Crippen molar-refractivity contribution in [1.29, 1.82) is 0 Å². The number of ether oxygens (including phenoxy) is 1. The van der Waals surface area contributed by atoms with Crippen molar-refractivity contribution in [1.82, 2.24) is 24.4 Å². The number of aryl methyl sites for hydroxylation is 1. The van der Waals surface area contributed by atoms with Crippen molar-refractivity contribution < 1.29 is 35.5 Å². The lowest BCUT2D eigenvalue weighted by molar-refractivity contribution is -0.0495. The largest absolute Gasteiger partial charge is 0.434 e. The molecule has 0 aliphatic carbocycles. The quantitative estimate of drug-likeness (QED) is 0.389. The lowest BCUT2D eigenvalue weighted by atomic mass is 10.1. The van der Waals surface area contributed by atoms with E-state index in [1.165, 1.54) is 34.8 Å². The van der Waals surface area contributed by atoms with Gasteiger partial charge in [0.2, 0.25) is 9.84 Å². The smallest absolute Gasteiger partial charge is 0.387 e. The van der Waals surface area contributed by atoms with E-state index in [2.05, 4.69) is 25.2 Å². The molecule has 15 heteroatoms. The van der Waals surface area contributed by atoms with Crippen LogP contribution in [0.3, 0.4) is 0 Å². The fourth-order valence-electron chi connectivity index (χ4n) is 3.13. The summed E-state index contributed by atoms with van der Waals surface area (Å²) in [7, 11) is -3.61. The van der Waals surface area contributed by atoms with Crippen LogP contribution in [0.5, 0.6) is 5.75 Å². The number of carbonyl (C=O) groups is 1. The Hall–Kier alpha value is -4.01. The van der Waals surface area contributed by atoms with Crippen LogP contribution in [0.1, 0.15) is 10.4 Å². The number of fused-ring (bicyclic) bond motifs is 1. The van der Waals surface area contributed by atoms with Crippen LogP contribution in [0.4, 0.5) is 23.2 Å². The molecule has 4 rings (SSSR count). The highest BCUT2D eigenvalue weighted by atomic mass is 32.2. The van der Waals surface area contributed by atoms with Crippen LogP contribution >= 0.6 is 0 Å². The lowest BCUT2D eigenvalue weighted by Gasteiger charge is -2.13. The Bertz CT molecular complexity index is 1490. The van der Waals surface area contributed by atoms with Gasteiger partial charge >= 0.3 is 12.4 Å². The summed E-state index contributed by atoms with van der Waals surface area (Å²) in [4.78, 5) is 16.1. The minimum absolute atomic E-state index is 0.0338. The van der Waals surface area contributed by atoms with Crippen molar-refractivity contribution in [3.63, 3.8) is 0 Å². The van der Waals surface area contributed by atoms with Crippen molar-refractivity contribution in [3.05, 3.63) is 54.6 Å². The third-order valence-corrected chi connectivity index (χ3v) is 5.97. The minimum atomic E-state index is -5.06. The maximum Gasteiger partial charge on any atom is 0.387 e. The molecule has 0 aliphatic rings. The maximum absolute atomic E-state index is 13.1. The molecular formula is C19H14F4N6O4S. The first-order valence-corrected chi connectivity index (χ1v) is 10.9. The highest BCUT2D eigenvalue weighted by Gasteiger charge is 2.29. The monoisotopic (exact) mass is 498 g/mol. The normalized spacial score (nSPS) is 12.0. The van der Waals surface area contributed by atoms with Gasteiger partial charge in [-0.15, -0.1) is 0 Å². The van der Waals surface area contributed by atoms with Crippen LogP contribution in [-0.2, 0) is 16.9 Å². The zero-order valence-electron chi connectivity index (χ0n) is 17.1. The molecule has 0 saturated carbocycles. The average molecular weight is 498 g/mol. The second-order valence-electron chi connectivity index (χ2n) is 6.81. The van der Waals surface area contributed by atoms with E-state index in [0.717, 1.165) is 12.1 Å². The second kappa shape index (κ2) is 8.74. The molecule has 34 heavy (non-hydrogen) atoms. The summed E-state index contributed by atoms with van der Waals surface area (Å²) >= 11 is 0. The van der Waals surface area contributed by atoms with E-state index in [4.69, 9.17) is 0 Å². The number of nitrogens with zero attached hydrogens (tertiary/aromatic N) is 5. The van der Waals surface area contributed by atoms with Gasteiger partial charge in [-0.1, -0.05) is 0 Å². The fraction of sp³-hybridized carbons (Fsp3) is 0.158. The third kappa shape index (κ3) is 4.28. The standard InChI is InChI=1S/C19H14F4N6O4S/c1-28-9-13(26-17(30)12-8-25-29-6-2-5-24-16(12)29)15(27-28)11-7-10(34(31,32)19(22)23)3-4-14(11)33-18(20)21/h2-9,18-19H,1H3,(H,26,30). The molecule has 3 aromatic heterocycles. The molecule has 1 aromatic carbocycles. The Morgan fingerprint density at radius 2 is 1.97 bits per heavy atom. The number of benzene rings is 1. The molecule has 1 amide bonds. The van der Waals surface area contributed by atoms with Crippen molar-refractivity contribution in [2.45, 2.75) is 17.3 Å². The van der Waals surface area contributed by atoms with Crippen LogP contribution in [0.15, 0.2) is 53.9 Å². The summed E-state index contributed by atoms with van der Waals surface area (Å²) in [5.41, 5.74) is -0.266. The molecule has 0 spiro atoms. The van der Waals surface area contributed by atoms with E-state index in [1.54, 1.807) is 12.3 Å². The minimum Gasteiger partial charge on any atom is -0.434 e. The fourth-order valence-corrected chi connectivity index (χ4v) is 3.87. The first-order chi connectivity index (χ1) is 16.1. The summed E-state index contributed by atoms with van der Waals surface area (Å²) < 4.78 is 82.9. The van der Waals surface area contributed by atoms with Crippen molar-refractivity contribution in [2.75, 3.05) is 5.32 Å². The first kappa shape index (κ1) is 23.2. The van der Waals surface area contributed by atoms with Gasteiger partial charge in [0.25, 0.3) is 5.91 Å². The number of alkyl halides is 4. The maximum atomic E-state index is 13.1. The van der Waals surface area contributed by atoms with Crippen molar-refractivity contribution in [3.8, 4) is 17.0 Å². The zero-order valence-corrected chi connectivity index (χ0v) is 17.9. The number of halogens is 4. The van der Waals surface area contributed by atoms with Gasteiger partial charge in [0.1, 0.15) is 17.0 Å². The number of anilines is 1. The molecule has 0 unspecified atom stereocenters. The molecule has 0 saturated heterocycles. The number of carbonyl (C=O) groups excluding carboxylic acids is 1. The Morgan fingerprint density at radius 3 is 2.68 bits per heavy atom. The van der Waals surface area contributed by atoms with Gasteiger partial charge in [-0.25, -0.2) is 17.9 Å². The summed E-state index contributed by atoms with van der Waals surface area (Å²) in [6, 6.07) is 3.86. The van der Waals surface area contributed by atoms with Gasteiger partial charge in [0, 0.05) is 31.2 Å². The Balaban J connectivity index is 1.80. The highest BCUT2D eigenvalue weighted by molar-refractivity contribution is 7.91. The Kier molecular flexibility index (Phi) is 5.95. The SMILES string of the molecule is Cn1cc(NC(=O)c2cnn3cccnc23)c(-c2cc(S(=O)(=O)C(F)F)ccc2OC(F)F)n1. The summed E-state index contributed by atoms with van der Waals surface area (Å²) in [6.45, 7) is -3.30. The summed E-state index contributed by atoms with van der Waals surface area (Å²) in [5.74, 6) is -4.96. The number of sulfone groups is 1. The van der Waals surface area contributed by atoms with Gasteiger partial charge in [0.15, 0.2) is 5.65 Å². The van der Waals surface area contributed by atoms with Crippen molar-refractivity contribution >= 4 is 27.1 Å². The van der Waals surface area contributed by atoms with E-state index in [1.807, 2.05) is 0 Å². The van der Waals surface area contributed by atoms with Gasteiger partial charge in [-0.05, 0) is 24.3 Å². The van der Waals surface area contributed by atoms with Gasteiger partial charge in [-0.2, -0.15) is 27.8 Å². The molecule has 3 heterocycles. The number of hydrogen-bond donors (Lipinski definition) is 1. The average Bonchev–Trinajstić information content (AvgIpc) is 3.36.